The molecule has 2 amide bonds. The number of aromatic amines is 1. The Bertz CT molecular complexity index is 1110. The maximum atomic E-state index is 13.0. The molecule has 0 unspecified atom stereocenters. The molecule has 8 heteroatoms. The minimum absolute atomic E-state index is 0.265. The monoisotopic (exact) mass is 423 g/mol. The van der Waals surface area contributed by atoms with Gasteiger partial charge in [-0.3, -0.25) is 14.9 Å². The van der Waals surface area contributed by atoms with Gasteiger partial charge in [-0.05, 0) is 49.6 Å². The van der Waals surface area contributed by atoms with Crippen LogP contribution in [-0.2, 0) is 9.53 Å². The molecule has 1 aromatic heterocycles. The number of halogens is 1. The number of ether oxygens (including phenoxy) is 1. The zero-order valence-corrected chi connectivity index (χ0v) is 16.7. The van der Waals surface area contributed by atoms with E-state index in [1.165, 1.54) is 24.3 Å². The second-order valence-electron chi connectivity index (χ2n) is 7.57. The van der Waals surface area contributed by atoms with Crippen LogP contribution in [0, 0.1) is 5.82 Å². The third kappa shape index (κ3) is 4.91. The van der Waals surface area contributed by atoms with Crippen LogP contribution in [-0.4, -0.2) is 34.9 Å². The van der Waals surface area contributed by atoms with E-state index in [1.54, 1.807) is 12.3 Å². The minimum atomic E-state index is -0.675. The number of aromatic nitrogens is 1. The first-order valence-electron chi connectivity index (χ1n) is 10.1. The highest BCUT2D eigenvalue weighted by molar-refractivity contribution is 6.45. The molecule has 1 saturated carbocycles. The summed E-state index contributed by atoms with van der Waals surface area (Å²) in [6.07, 6.45) is 3.05. The van der Waals surface area contributed by atoms with E-state index in [1.807, 2.05) is 18.2 Å². The molecule has 31 heavy (non-hydrogen) atoms. The lowest BCUT2D eigenvalue weighted by atomic mass is 9.92. The van der Waals surface area contributed by atoms with E-state index >= 15 is 0 Å². The maximum Gasteiger partial charge on any atom is 0.411 e. The number of hydrogen-bond acceptors (Lipinski definition) is 4. The van der Waals surface area contributed by atoms with Crippen molar-refractivity contribution in [1.29, 1.82) is 0 Å². The number of para-hydroxylation sites is 1. The van der Waals surface area contributed by atoms with E-state index in [0.29, 0.717) is 35.9 Å². The third-order valence-corrected chi connectivity index (χ3v) is 5.37. The van der Waals surface area contributed by atoms with Crippen molar-refractivity contribution in [2.75, 3.05) is 5.32 Å². The molecule has 4 rings (SSSR count). The zero-order chi connectivity index (χ0) is 21.8. The van der Waals surface area contributed by atoms with Crippen LogP contribution in [0.25, 0.3) is 10.9 Å². The van der Waals surface area contributed by atoms with Crippen LogP contribution in [0.4, 0.5) is 14.9 Å². The molecular weight excluding hydrogens is 401 g/mol. The molecule has 160 valence electrons. The predicted molar refractivity (Wildman–Crippen MR) is 113 cm³/mol. The van der Waals surface area contributed by atoms with Gasteiger partial charge in [0.2, 0.25) is 0 Å². The highest BCUT2D eigenvalue weighted by Crippen LogP contribution is 2.23. The Morgan fingerprint density at radius 3 is 2.61 bits per heavy atom. The van der Waals surface area contributed by atoms with Crippen LogP contribution in [0.2, 0.25) is 0 Å². The Kier molecular flexibility index (Phi) is 5.97. The molecule has 1 heterocycles. The lowest BCUT2D eigenvalue weighted by molar-refractivity contribution is -0.118. The van der Waals surface area contributed by atoms with Gasteiger partial charge < -0.3 is 15.0 Å². The molecule has 0 bridgehead atoms. The summed E-state index contributed by atoms with van der Waals surface area (Å²) in [6.45, 7) is 0. The van der Waals surface area contributed by atoms with Crippen LogP contribution in [0.3, 0.4) is 0 Å². The summed E-state index contributed by atoms with van der Waals surface area (Å²) >= 11 is 0. The first kappa shape index (κ1) is 20.6. The third-order valence-electron chi connectivity index (χ3n) is 5.37. The van der Waals surface area contributed by atoms with Crippen LogP contribution in [0.5, 0.6) is 0 Å². The molecule has 1 aliphatic carbocycles. The summed E-state index contributed by atoms with van der Waals surface area (Å²) in [5.74, 6) is -1.67. The smallest absolute Gasteiger partial charge is 0.411 e. The second kappa shape index (κ2) is 8.99. The molecular formula is C23H22FN3O4. The number of ketones is 1. The van der Waals surface area contributed by atoms with Crippen molar-refractivity contribution in [2.45, 2.75) is 37.8 Å². The van der Waals surface area contributed by atoms with Gasteiger partial charge in [-0.1, -0.05) is 18.2 Å². The molecule has 0 spiro atoms. The molecule has 3 N–H and O–H groups in total. The van der Waals surface area contributed by atoms with Crippen LogP contribution < -0.4 is 10.6 Å². The maximum absolute atomic E-state index is 13.0. The fraction of sp³-hybridized carbons (Fsp3) is 0.261. The largest absolute Gasteiger partial charge is 0.446 e. The van der Waals surface area contributed by atoms with Crippen molar-refractivity contribution in [3.05, 3.63) is 66.1 Å². The van der Waals surface area contributed by atoms with Crippen molar-refractivity contribution in [2.24, 2.45) is 0 Å². The summed E-state index contributed by atoms with van der Waals surface area (Å²) in [6, 6.07) is 12.4. The molecule has 2 atom stereocenters. The fourth-order valence-electron chi connectivity index (χ4n) is 3.85. The Morgan fingerprint density at radius 2 is 1.81 bits per heavy atom. The van der Waals surface area contributed by atoms with Crippen LogP contribution in [0.1, 0.15) is 36.0 Å². The van der Waals surface area contributed by atoms with Gasteiger partial charge in [-0.25, -0.2) is 9.18 Å². The summed E-state index contributed by atoms with van der Waals surface area (Å²) in [5, 5.41) is 6.03. The number of amides is 2. The number of fused-ring (bicyclic) bond motifs is 1. The van der Waals surface area contributed by atoms with Gasteiger partial charge in [0.1, 0.15) is 11.9 Å². The zero-order valence-electron chi connectivity index (χ0n) is 16.7. The quantitative estimate of drug-likeness (QED) is 0.424. The van der Waals surface area contributed by atoms with Crippen molar-refractivity contribution >= 4 is 34.4 Å². The summed E-state index contributed by atoms with van der Waals surface area (Å²) < 4.78 is 18.4. The van der Waals surface area contributed by atoms with Crippen molar-refractivity contribution in [1.82, 2.24) is 10.3 Å². The Balaban J connectivity index is 1.32. The van der Waals surface area contributed by atoms with Crippen molar-refractivity contribution in [3.63, 3.8) is 0 Å². The SMILES string of the molecule is O=C(Nc1ccc(F)cc1)O[C@@H]1CCC[C@H](NC(=O)C(=O)c2c[nH]c3ccccc23)C1. The molecule has 0 radical (unpaired) electrons. The van der Waals surface area contributed by atoms with E-state index < -0.39 is 23.6 Å². The highest BCUT2D eigenvalue weighted by Gasteiger charge is 2.28. The van der Waals surface area contributed by atoms with E-state index in [2.05, 4.69) is 15.6 Å². The van der Waals surface area contributed by atoms with Crippen molar-refractivity contribution in [3.8, 4) is 0 Å². The second-order valence-corrected chi connectivity index (χ2v) is 7.57. The molecule has 0 aliphatic heterocycles. The molecule has 1 fully saturated rings. The van der Waals surface area contributed by atoms with Gasteiger partial charge in [0, 0.05) is 35.2 Å². The van der Waals surface area contributed by atoms with Crippen LogP contribution >= 0.6 is 0 Å². The molecule has 1 aliphatic rings. The molecule has 7 nitrogen and oxygen atoms in total. The van der Waals surface area contributed by atoms with Crippen LogP contribution in [0.15, 0.2) is 54.7 Å². The number of Topliss-reactive ketones (excluding diaryl/α,β-unsaturated/α-hetero) is 1. The Hall–Kier alpha value is -3.68. The van der Waals surface area contributed by atoms with Gasteiger partial charge in [0.05, 0.1) is 5.56 Å². The molecule has 0 saturated heterocycles. The highest BCUT2D eigenvalue weighted by atomic mass is 19.1. The van der Waals surface area contributed by atoms with Gasteiger partial charge in [-0.2, -0.15) is 0 Å². The lowest BCUT2D eigenvalue weighted by Crippen LogP contribution is -2.43. The fourth-order valence-corrected chi connectivity index (χ4v) is 3.85. The number of carbonyl (C=O) groups excluding carboxylic acids is 3. The van der Waals surface area contributed by atoms with Crippen molar-refractivity contribution < 1.29 is 23.5 Å². The summed E-state index contributed by atoms with van der Waals surface area (Å²) in [7, 11) is 0. The van der Waals surface area contributed by atoms with Gasteiger partial charge >= 0.3 is 6.09 Å². The number of H-pyrrole nitrogens is 1. The lowest BCUT2D eigenvalue weighted by Gasteiger charge is -2.29. The average molecular weight is 423 g/mol. The number of carbonyl (C=O) groups is 3. The first-order chi connectivity index (χ1) is 15.0. The van der Waals surface area contributed by atoms with Gasteiger partial charge in [-0.15, -0.1) is 0 Å². The summed E-state index contributed by atoms with van der Waals surface area (Å²) in [4.78, 5) is 40.3. The van der Waals surface area contributed by atoms with E-state index in [4.69, 9.17) is 4.74 Å². The predicted octanol–water partition coefficient (Wildman–Crippen LogP) is 4.17. The number of rotatable bonds is 5. The normalized spacial score (nSPS) is 18.4. The number of anilines is 1. The Labute approximate surface area is 178 Å². The number of hydrogen-bond donors (Lipinski definition) is 3. The number of nitrogens with one attached hydrogen (secondary N) is 3. The molecule has 3 aromatic rings. The molecule has 2 aromatic carbocycles. The van der Waals surface area contributed by atoms with Gasteiger partial charge in [0.15, 0.2) is 0 Å². The van der Waals surface area contributed by atoms with E-state index in [9.17, 15) is 18.8 Å². The average Bonchev–Trinajstić information content (AvgIpc) is 3.19. The number of benzene rings is 2. The minimum Gasteiger partial charge on any atom is -0.446 e. The first-order valence-corrected chi connectivity index (χ1v) is 10.1. The standard InChI is InChI=1S/C23H22FN3O4/c24-14-8-10-15(11-9-14)27-23(30)31-17-5-3-4-16(12-17)26-22(29)21(28)19-13-25-20-7-2-1-6-18(19)20/h1-2,6-11,13,16-17,25H,3-5,12H2,(H,26,29)(H,27,30)/t16-,17+/m0/s1. The van der Waals surface area contributed by atoms with E-state index in [0.717, 1.165) is 11.9 Å². The van der Waals surface area contributed by atoms with E-state index in [-0.39, 0.29) is 12.1 Å². The summed E-state index contributed by atoms with van der Waals surface area (Å²) in [5.41, 5.74) is 1.55. The Morgan fingerprint density at radius 1 is 1.03 bits per heavy atom. The van der Waals surface area contributed by atoms with Gasteiger partial charge in [0.25, 0.3) is 11.7 Å². The topological polar surface area (TPSA) is 100 Å².